The van der Waals surface area contributed by atoms with Crippen LogP contribution in [0.2, 0.25) is 0 Å². The molecule has 4 heterocycles. The summed E-state index contributed by atoms with van der Waals surface area (Å²) in [6.45, 7) is 6.33. The third kappa shape index (κ3) is 7.03. The molecule has 0 saturated carbocycles. The molecule has 0 spiro atoms. The SMILES string of the molecule is Cc1ccc(-c2[c-]cccc2)nc1.Cc1cccc(C)c1-c1ccnc(-c2[c-]ccc3c2oc2nc(Cc4ccccc4)ccc23)c1.[Ir]. The summed E-state index contributed by atoms with van der Waals surface area (Å²) in [5.41, 5.74) is 13.4. The number of fused-ring (bicyclic) bond motifs is 3. The van der Waals surface area contributed by atoms with Crippen LogP contribution in [0, 0.1) is 32.9 Å². The second-order valence-electron chi connectivity index (χ2n) is 11.7. The fourth-order valence-corrected chi connectivity index (χ4v) is 5.93. The molecule has 1 radical (unpaired) electrons. The summed E-state index contributed by atoms with van der Waals surface area (Å²) in [5, 5.41) is 2.04. The van der Waals surface area contributed by atoms with E-state index in [9.17, 15) is 0 Å². The zero-order valence-electron chi connectivity index (χ0n) is 27.0. The van der Waals surface area contributed by atoms with Crippen LogP contribution < -0.4 is 0 Å². The van der Waals surface area contributed by atoms with Gasteiger partial charge in [-0.15, -0.1) is 54.1 Å². The first kappa shape index (κ1) is 32.7. The molecule has 5 heteroatoms. The number of furan rings is 1. The van der Waals surface area contributed by atoms with Gasteiger partial charge < -0.3 is 14.4 Å². The van der Waals surface area contributed by atoms with Crippen LogP contribution in [0.5, 0.6) is 0 Å². The molecule has 0 aliphatic rings. The van der Waals surface area contributed by atoms with E-state index in [4.69, 9.17) is 9.40 Å². The van der Waals surface area contributed by atoms with E-state index in [-0.39, 0.29) is 20.1 Å². The fraction of sp³-hybridized carbons (Fsp3) is 0.0930. The van der Waals surface area contributed by atoms with Crippen molar-refractivity contribution in [1.29, 1.82) is 0 Å². The summed E-state index contributed by atoms with van der Waals surface area (Å²) >= 11 is 0. The van der Waals surface area contributed by atoms with E-state index in [1.165, 1.54) is 27.8 Å². The summed E-state index contributed by atoms with van der Waals surface area (Å²) in [4.78, 5) is 13.8. The van der Waals surface area contributed by atoms with Gasteiger partial charge in [0.15, 0.2) is 0 Å². The monoisotopic (exact) mass is 800 g/mol. The van der Waals surface area contributed by atoms with Gasteiger partial charge in [0.25, 0.3) is 0 Å². The Bertz CT molecular complexity index is 2280. The summed E-state index contributed by atoms with van der Waals surface area (Å²) in [7, 11) is 0. The quantitative estimate of drug-likeness (QED) is 0.163. The summed E-state index contributed by atoms with van der Waals surface area (Å²) in [6.07, 6.45) is 4.50. The van der Waals surface area contributed by atoms with Gasteiger partial charge in [0.1, 0.15) is 0 Å². The molecule has 0 fully saturated rings. The van der Waals surface area contributed by atoms with Crippen molar-refractivity contribution in [2.24, 2.45) is 0 Å². The number of benzene rings is 4. The molecule has 8 aromatic rings. The van der Waals surface area contributed by atoms with Crippen molar-refractivity contribution >= 4 is 22.1 Å². The van der Waals surface area contributed by atoms with Crippen LogP contribution in [-0.4, -0.2) is 15.0 Å². The summed E-state index contributed by atoms with van der Waals surface area (Å²) in [6, 6.07) is 47.6. The van der Waals surface area contributed by atoms with Crippen LogP contribution in [0.3, 0.4) is 0 Å². The van der Waals surface area contributed by atoms with Gasteiger partial charge in [-0.1, -0.05) is 77.7 Å². The molecule has 0 saturated heterocycles. The first-order valence-corrected chi connectivity index (χ1v) is 15.7. The molecule has 0 unspecified atom stereocenters. The molecule has 0 amide bonds. The number of nitrogens with zero attached hydrogens (tertiary/aromatic N) is 3. The molecule has 4 aromatic carbocycles. The van der Waals surface area contributed by atoms with E-state index in [0.29, 0.717) is 5.71 Å². The first-order chi connectivity index (χ1) is 23.0. The van der Waals surface area contributed by atoms with Crippen molar-refractivity contribution in [2.45, 2.75) is 27.2 Å². The molecule has 8 rings (SSSR count). The van der Waals surface area contributed by atoms with Crippen LogP contribution >= 0.6 is 0 Å². The Morgan fingerprint density at radius 3 is 2.23 bits per heavy atom. The zero-order chi connectivity index (χ0) is 32.2. The number of hydrogen-bond donors (Lipinski definition) is 0. The Hall–Kier alpha value is -5.22. The number of pyridine rings is 3. The molecule has 4 nitrogen and oxygen atoms in total. The number of aromatic nitrogens is 3. The maximum atomic E-state index is 6.33. The topological polar surface area (TPSA) is 51.8 Å². The molecule has 48 heavy (non-hydrogen) atoms. The van der Waals surface area contributed by atoms with Gasteiger partial charge in [-0.25, -0.2) is 4.98 Å². The molecular weight excluding hydrogens is 767 g/mol. The largest absolute Gasteiger partial charge is 0.486 e. The van der Waals surface area contributed by atoms with Gasteiger partial charge >= 0.3 is 0 Å². The van der Waals surface area contributed by atoms with Gasteiger partial charge in [-0.3, -0.25) is 0 Å². The average Bonchev–Trinajstić information content (AvgIpc) is 3.48. The third-order valence-electron chi connectivity index (χ3n) is 8.27. The Morgan fingerprint density at radius 2 is 1.48 bits per heavy atom. The van der Waals surface area contributed by atoms with Crippen molar-refractivity contribution in [3.05, 3.63) is 174 Å². The second kappa shape index (κ2) is 14.7. The van der Waals surface area contributed by atoms with Gasteiger partial charge in [-0.2, -0.15) is 0 Å². The Morgan fingerprint density at radius 1 is 0.667 bits per heavy atom. The van der Waals surface area contributed by atoms with E-state index < -0.39 is 0 Å². The Balaban J connectivity index is 0.000000241. The molecule has 0 aliphatic heterocycles. The number of aryl methyl sites for hydroxylation is 3. The molecule has 4 aromatic heterocycles. The molecule has 0 aliphatic carbocycles. The molecule has 0 atom stereocenters. The van der Waals surface area contributed by atoms with Gasteiger partial charge in [0.05, 0.1) is 5.58 Å². The van der Waals surface area contributed by atoms with Gasteiger partial charge in [-0.05, 0) is 83.7 Å². The van der Waals surface area contributed by atoms with Gasteiger partial charge in [0, 0.05) is 50.0 Å². The standard InChI is InChI=1S/C31H23N2O.C12H10N.Ir/c1-20-8-6-9-21(2)29(20)23-16-17-32-28(19-23)27-13-7-12-25-26-15-14-24(33-31(26)34-30(25)27)18-22-10-4-3-5-11-22;1-10-7-8-12(13-9-10)11-5-3-2-4-6-11;/h3-12,14-17,19H,18H2,1-2H3;2-5,7-9H,1H3;/q2*-1;. The second-order valence-corrected chi connectivity index (χ2v) is 11.7. The Kier molecular flexibility index (Phi) is 10.0. The van der Waals surface area contributed by atoms with Crippen LogP contribution in [0.4, 0.5) is 0 Å². The number of rotatable bonds is 5. The number of hydrogen-bond acceptors (Lipinski definition) is 4. The van der Waals surface area contributed by atoms with E-state index in [1.807, 2.05) is 67.8 Å². The van der Waals surface area contributed by atoms with Crippen molar-refractivity contribution in [1.82, 2.24) is 15.0 Å². The molecule has 0 bridgehead atoms. The first-order valence-electron chi connectivity index (χ1n) is 15.7. The molecule has 0 N–H and O–H groups in total. The van der Waals surface area contributed by atoms with Crippen LogP contribution in [0.1, 0.15) is 27.9 Å². The maximum Gasteiger partial charge on any atom is 0.216 e. The molecule has 237 valence electrons. The predicted molar refractivity (Wildman–Crippen MR) is 191 cm³/mol. The third-order valence-corrected chi connectivity index (χ3v) is 8.27. The van der Waals surface area contributed by atoms with Crippen molar-refractivity contribution in [2.75, 3.05) is 0 Å². The van der Waals surface area contributed by atoms with Crippen molar-refractivity contribution in [3.63, 3.8) is 0 Å². The minimum absolute atomic E-state index is 0. The summed E-state index contributed by atoms with van der Waals surface area (Å²) < 4.78 is 6.33. The zero-order valence-corrected chi connectivity index (χ0v) is 29.4. The van der Waals surface area contributed by atoms with E-state index in [2.05, 4.69) is 109 Å². The Labute approximate surface area is 294 Å². The van der Waals surface area contributed by atoms with Crippen LogP contribution in [0.25, 0.3) is 55.7 Å². The minimum atomic E-state index is 0. The smallest absolute Gasteiger partial charge is 0.216 e. The average molecular weight is 800 g/mol. The van der Waals surface area contributed by atoms with Crippen molar-refractivity contribution < 1.29 is 24.5 Å². The van der Waals surface area contributed by atoms with E-state index in [0.717, 1.165) is 56.5 Å². The van der Waals surface area contributed by atoms with E-state index in [1.54, 1.807) is 0 Å². The molecular formula is C43H33IrN3O-2. The van der Waals surface area contributed by atoms with Crippen LogP contribution in [0.15, 0.2) is 138 Å². The minimum Gasteiger partial charge on any atom is -0.486 e. The van der Waals surface area contributed by atoms with Crippen molar-refractivity contribution in [3.8, 4) is 33.6 Å². The maximum absolute atomic E-state index is 6.33. The van der Waals surface area contributed by atoms with E-state index >= 15 is 0 Å². The fourth-order valence-electron chi connectivity index (χ4n) is 5.93. The van der Waals surface area contributed by atoms with Gasteiger partial charge in [0.2, 0.25) is 5.71 Å². The summed E-state index contributed by atoms with van der Waals surface area (Å²) in [5.74, 6) is 0. The predicted octanol–water partition coefficient (Wildman–Crippen LogP) is 10.6. The van der Waals surface area contributed by atoms with Crippen LogP contribution in [-0.2, 0) is 26.5 Å². The normalized spacial score (nSPS) is 10.7.